The average molecular weight is 334 g/mol. The fourth-order valence-electron chi connectivity index (χ4n) is 3.30. The predicted molar refractivity (Wildman–Crippen MR) is 101 cm³/mol. The number of rotatable bonds is 10. The number of unbranched alkanes of at least 4 members (excludes halogenated alkanes) is 6. The van der Waals surface area contributed by atoms with Gasteiger partial charge in [0.05, 0.1) is 0 Å². The Labute approximate surface area is 148 Å². The topological polar surface area (TPSA) is 40.5 Å². The van der Waals surface area contributed by atoms with Gasteiger partial charge in [0.25, 0.3) is 6.47 Å². The van der Waals surface area contributed by atoms with Crippen LogP contribution in [0.3, 0.4) is 0 Å². The van der Waals surface area contributed by atoms with Crippen molar-refractivity contribution in [2.45, 2.75) is 77.7 Å². The van der Waals surface area contributed by atoms with E-state index in [1.165, 1.54) is 88.4 Å². The van der Waals surface area contributed by atoms with E-state index in [1.807, 2.05) is 0 Å². The van der Waals surface area contributed by atoms with Crippen LogP contribution in [0.5, 0.6) is 0 Å². The number of likely N-dealkylation sites (tertiary alicyclic amines) is 1. The normalized spacial score (nSPS) is 14.2. The first-order chi connectivity index (χ1) is 11.8. The second kappa shape index (κ2) is 14.0. The van der Waals surface area contributed by atoms with E-state index in [4.69, 9.17) is 9.90 Å². The van der Waals surface area contributed by atoms with E-state index in [0.29, 0.717) is 0 Å². The molecule has 0 saturated carbocycles. The smallest absolute Gasteiger partial charge is 0.290 e. The highest BCUT2D eigenvalue weighted by Gasteiger charge is 2.11. The fourth-order valence-corrected chi connectivity index (χ4v) is 3.30. The zero-order valence-corrected chi connectivity index (χ0v) is 15.4. The summed E-state index contributed by atoms with van der Waals surface area (Å²) in [5.74, 6) is 0. The molecule has 0 unspecified atom stereocenters. The van der Waals surface area contributed by atoms with Crippen molar-refractivity contribution < 1.29 is 9.90 Å². The van der Waals surface area contributed by atoms with Gasteiger partial charge in [-0.25, -0.2) is 0 Å². The molecule has 0 bridgehead atoms. The van der Waals surface area contributed by atoms with Crippen molar-refractivity contribution in [1.82, 2.24) is 4.90 Å². The number of carboxylic acid groups (broad SMARTS) is 1. The summed E-state index contributed by atoms with van der Waals surface area (Å²) in [4.78, 5) is 10.9. The van der Waals surface area contributed by atoms with Crippen LogP contribution in [0.15, 0.2) is 24.3 Å². The molecule has 1 saturated heterocycles. The van der Waals surface area contributed by atoms with Crippen molar-refractivity contribution in [3.05, 3.63) is 35.4 Å². The first-order valence-electron chi connectivity index (χ1n) is 9.68. The maximum Gasteiger partial charge on any atom is 0.290 e. The first kappa shape index (κ1) is 20.7. The molecule has 1 N–H and O–H groups in total. The lowest BCUT2D eigenvalue weighted by Gasteiger charge is -2.14. The number of aryl methyl sites for hydroxylation is 1. The second-order valence-electron chi connectivity index (χ2n) is 6.78. The maximum absolute atomic E-state index is 8.36. The predicted octanol–water partition coefficient (Wildman–Crippen LogP) is 5.28. The summed E-state index contributed by atoms with van der Waals surface area (Å²) in [6.45, 7) is 5.77. The quantitative estimate of drug-likeness (QED) is 0.468. The second-order valence-corrected chi connectivity index (χ2v) is 6.78. The number of carbonyl (C=O) groups is 1. The van der Waals surface area contributed by atoms with Gasteiger partial charge >= 0.3 is 0 Å². The van der Waals surface area contributed by atoms with Crippen LogP contribution < -0.4 is 0 Å². The summed E-state index contributed by atoms with van der Waals surface area (Å²) in [5.41, 5.74) is 3.01. The monoisotopic (exact) mass is 333 g/mol. The van der Waals surface area contributed by atoms with Crippen molar-refractivity contribution in [2.75, 3.05) is 13.1 Å². The summed E-state index contributed by atoms with van der Waals surface area (Å²) >= 11 is 0. The molecule has 3 heteroatoms. The van der Waals surface area contributed by atoms with Crippen LogP contribution in [0.4, 0.5) is 0 Å². The van der Waals surface area contributed by atoms with E-state index < -0.39 is 0 Å². The van der Waals surface area contributed by atoms with Crippen LogP contribution >= 0.6 is 0 Å². The number of benzene rings is 1. The largest absolute Gasteiger partial charge is 0.483 e. The van der Waals surface area contributed by atoms with Gasteiger partial charge in [-0.1, -0.05) is 69.7 Å². The van der Waals surface area contributed by atoms with Crippen molar-refractivity contribution in [1.29, 1.82) is 0 Å². The molecule has 136 valence electrons. The fraction of sp³-hybridized carbons (Fsp3) is 0.667. The van der Waals surface area contributed by atoms with Crippen LogP contribution in [0.25, 0.3) is 0 Å². The van der Waals surface area contributed by atoms with E-state index in [1.54, 1.807) is 0 Å². The molecule has 1 fully saturated rings. The SMILES string of the molecule is CCCCCCCCCc1ccc(CN2CCCC2)cc1.O=CO. The molecule has 0 amide bonds. The van der Waals surface area contributed by atoms with Gasteiger partial charge in [0.2, 0.25) is 0 Å². The third-order valence-corrected chi connectivity index (χ3v) is 4.70. The molecular weight excluding hydrogens is 298 g/mol. The standard InChI is InChI=1S/C20H33N.CH2O2/c1-2-3-4-5-6-7-8-11-19-12-14-20(15-13-19)18-21-16-9-10-17-21;2-1-3/h12-15H,2-11,16-18H2,1H3;1H,(H,2,3). The van der Waals surface area contributed by atoms with Crippen molar-refractivity contribution >= 4 is 6.47 Å². The molecule has 0 aliphatic carbocycles. The molecule has 2 rings (SSSR count). The van der Waals surface area contributed by atoms with Gasteiger partial charge in [0.15, 0.2) is 0 Å². The molecule has 1 aromatic carbocycles. The summed E-state index contributed by atoms with van der Waals surface area (Å²) in [7, 11) is 0. The lowest BCUT2D eigenvalue weighted by molar-refractivity contribution is -0.122. The molecule has 1 aromatic rings. The Morgan fingerprint density at radius 3 is 2.00 bits per heavy atom. The zero-order valence-electron chi connectivity index (χ0n) is 15.4. The highest BCUT2D eigenvalue weighted by Crippen LogP contribution is 2.15. The molecular formula is C21H35NO2. The number of nitrogens with zero attached hydrogens (tertiary/aromatic N) is 1. The molecule has 0 atom stereocenters. The van der Waals surface area contributed by atoms with E-state index in [-0.39, 0.29) is 6.47 Å². The van der Waals surface area contributed by atoms with Crippen LogP contribution in [-0.4, -0.2) is 29.6 Å². The van der Waals surface area contributed by atoms with Crippen molar-refractivity contribution in [3.8, 4) is 0 Å². The molecule has 0 radical (unpaired) electrons. The summed E-state index contributed by atoms with van der Waals surface area (Å²) in [6, 6.07) is 9.38. The molecule has 1 aliphatic heterocycles. The van der Waals surface area contributed by atoms with Gasteiger partial charge in [0.1, 0.15) is 0 Å². The third-order valence-electron chi connectivity index (χ3n) is 4.70. The van der Waals surface area contributed by atoms with E-state index in [2.05, 4.69) is 36.1 Å². The number of hydrogen-bond donors (Lipinski definition) is 1. The van der Waals surface area contributed by atoms with Gasteiger partial charge in [-0.05, 0) is 49.9 Å². The van der Waals surface area contributed by atoms with Crippen molar-refractivity contribution in [2.24, 2.45) is 0 Å². The summed E-state index contributed by atoms with van der Waals surface area (Å²) in [6.07, 6.45) is 13.8. The van der Waals surface area contributed by atoms with Gasteiger partial charge < -0.3 is 5.11 Å². The van der Waals surface area contributed by atoms with E-state index in [9.17, 15) is 0 Å². The minimum absolute atomic E-state index is 0.250. The average Bonchev–Trinajstić information content (AvgIpc) is 3.09. The zero-order chi connectivity index (χ0) is 17.5. The van der Waals surface area contributed by atoms with Crippen molar-refractivity contribution in [3.63, 3.8) is 0 Å². The van der Waals surface area contributed by atoms with Gasteiger partial charge in [-0.3, -0.25) is 9.69 Å². The van der Waals surface area contributed by atoms with E-state index >= 15 is 0 Å². The molecule has 3 nitrogen and oxygen atoms in total. The first-order valence-corrected chi connectivity index (χ1v) is 9.68. The van der Waals surface area contributed by atoms with Gasteiger partial charge in [-0.2, -0.15) is 0 Å². The summed E-state index contributed by atoms with van der Waals surface area (Å²) < 4.78 is 0. The molecule has 1 heterocycles. The lowest BCUT2D eigenvalue weighted by atomic mass is 10.0. The molecule has 0 spiro atoms. The Bertz CT molecular complexity index is 410. The minimum atomic E-state index is -0.250. The highest BCUT2D eigenvalue weighted by molar-refractivity contribution is 5.32. The van der Waals surface area contributed by atoms with Crippen LogP contribution in [0, 0.1) is 0 Å². The van der Waals surface area contributed by atoms with E-state index in [0.717, 1.165) is 6.54 Å². The van der Waals surface area contributed by atoms with Gasteiger partial charge in [-0.15, -0.1) is 0 Å². The molecule has 24 heavy (non-hydrogen) atoms. The third kappa shape index (κ3) is 9.71. The Hall–Kier alpha value is -1.35. The Kier molecular flexibility index (Phi) is 12.1. The Balaban J connectivity index is 0.000000891. The number of hydrogen-bond acceptors (Lipinski definition) is 2. The van der Waals surface area contributed by atoms with Crippen LogP contribution in [0.1, 0.15) is 75.8 Å². The maximum atomic E-state index is 8.36. The Morgan fingerprint density at radius 1 is 0.917 bits per heavy atom. The molecule has 1 aliphatic rings. The summed E-state index contributed by atoms with van der Waals surface area (Å²) in [5, 5.41) is 6.89. The lowest BCUT2D eigenvalue weighted by Crippen LogP contribution is -2.18. The highest BCUT2D eigenvalue weighted by atomic mass is 16.3. The van der Waals surface area contributed by atoms with Crippen LogP contribution in [0.2, 0.25) is 0 Å². The van der Waals surface area contributed by atoms with Gasteiger partial charge in [0, 0.05) is 6.54 Å². The van der Waals surface area contributed by atoms with Crippen LogP contribution in [-0.2, 0) is 17.8 Å². The minimum Gasteiger partial charge on any atom is -0.483 e. The Morgan fingerprint density at radius 2 is 1.42 bits per heavy atom. The molecule has 0 aromatic heterocycles.